The zero-order valence-electron chi connectivity index (χ0n) is 11.6. The number of benzene rings is 1. The van der Waals surface area contributed by atoms with E-state index in [1.807, 2.05) is 11.8 Å². The molecule has 1 fully saturated rings. The third-order valence-corrected chi connectivity index (χ3v) is 3.54. The molecule has 0 bridgehead atoms. The minimum Gasteiger partial charge on any atom is -0.378 e. The molecule has 3 nitrogen and oxygen atoms in total. The topological polar surface area (TPSA) is 29.5 Å². The lowest BCUT2D eigenvalue weighted by molar-refractivity contribution is 0.0147. The van der Waals surface area contributed by atoms with Crippen molar-refractivity contribution >= 4 is 5.78 Å². The molecule has 0 saturated carbocycles. The number of Topliss-reactive ketones (excluding diaryl/α,β-unsaturated/α-hetero) is 1. The molecular weight excluding hydrogens is 264 g/mol. The van der Waals surface area contributed by atoms with Crippen molar-refractivity contribution in [3.63, 3.8) is 0 Å². The first kappa shape index (κ1) is 15.1. The summed E-state index contributed by atoms with van der Waals surface area (Å²) < 4.78 is 31.9. The van der Waals surface area contributed by atoms with Gasteiger partial charge in [0, 0.05) is 25.8 Å². The van der Waals surface area contributed by atoms with Gasteiger partial charge in [-0.05, 0) is 31.9 Å². The minimum absolute atomic E-state index is 0.0432. The number of ether oxygens (including phenoxy) is 1. The van der Waals surface area contributed by atoms with Crippen LogP contribution in [0.15, 0.2) is 18.2 Å². The van der Waals surface area contributed by atoms with Crippen molar-refractivity contribution in [2.24, 2.45) is 0 Å². The average molecular weight is 283 g/mol. The fourth-order valence-corrected chi connectivity index (χ4v) is 2.47. The third kappa shape index (κ3) is 3.84. The molecule has 0 aliphatic carbocycles. The smallest absolute Gasteiger partial charge is 0.179 e. The molecule has 0 spiro atoms. The normalized spacial score (nSPS) is 17.4. The van der Waals surface area contributed by atoms with Gasteiger partial charge in [0.05, 0.1) is 18.2 Å². The number of halogens is 2. The number of hydrogen-bond acceptors (Lipinski definition) is 3. The molecular formula is C15H19F2NO2. The van der Waals surface area contributed by atoms with Crippen molar-refractivity contribution in [2.75, 3.05) is 26.2 Å². The lowest BCUT2D eigenvalue weighted by Crippen LogP contribution is -2.40. The summed E-state index contributed by atoms with van der Waals surface area (Å²) in [5.74, 6) is -1.77. The Morgan fingerprint density at radius 3 is 2.65 bits per heavy atom. The first-order valence-corrected chi connectivity index (χ1v) is 6.92. The molecule has 20 heavy (non-hydrogen) atoms. The van der Waals surface area contributed by atoms with E-state index in [4.69, 9.17) is 4.74 Å². The first-order chi connectivity index (χ1) is 9.60. The molecule has 5 heteroatoms. The molecule has 1 heterocycles. The van der Waals surface area contributed by atoms with Crippen LogP contribution in [-0.2, 0) is 4.74 Å². The van der Waals surface area contributed by atoms with Gasteiger partial charge in [-0.25, -0.2) is 8.78 Å². The van der Waals surface area contributed by atoms with Crippen molar-refractivity contribution in [1.29, 1.82) is 0 Å². The standard InChI is InChI=1S/C15H19F2NO2/c1-2-20-12-5-7-18(8-6-12)10-15(19)13-4-3-11(16)9-14(13)17/h3-4,9,12H,2,5-8,10H2,1H3. The second kappa shape index (κ2) is 6.90. The molecule has 0 N–H and O–H groups in total. The van der Waals surface area contributed by atoms with Crippen LogP contribution >= 0.6 is 0 Å². The van der Waals surface area contributed by atoms with Crippen LogP contribution in [0.5, 0.6) is 0 Å². The molecule has 1 aliphatic heterocycles. The van der Waals surface area contributed by atoms with Gasteiger partial charge in [-0.1, -0.05) is 0 Å². The Kier molecular flexibility index (Phi) is 5.20. The number of ketones is 1. The highest BCUT2D eigenvalue weighted by atomic mass is 19.1. The first-order valence-electron chi connectivity index (χ1n) is 6.92. The van der Waals surface area contributed by atoms with Gasteiger partial charge in [0.25, 0.3) is 0 Å². The fourth-order valence-electron chi connectivity index (χ4n) is 2.47. The van der Waals surface area contributed by atoms with Crippen LogP contribution in [0.3, 0.4) is 0 Å². The zero-order valence-corrected chi connectivity index (χ0v) is 11.6. The van der Waals surface area contributed by atoms with E-state index in [1.54, 1.807) is 0 Å². The SMILES string of the molecule is CCOC1CCN(CC(=O)c2ccc(F)cc2F)CC1. The summed E-state index contributed by atoms with van der Waals surface area (Å²) in [5, 5.41) is 0. The fraction of sp³-hybridized carbons (Fsp3) is 0.533. The van der Waals surface area contributed by atoms with Gasteiger partial charge in [0.1, 0.15) is 11.6 Å². The number of rotatable bonds is 5. The second-order valence-corrected chi connectivity index (χ2v) is 4.98. The van der Waals surface area contributed by atoms with E-state index in [1.165, 1.54) is 6.07 Å². The molecule has 0 aromatic heterocycles. The lowest BCUT2D eigenvalue weighted by atomic mass is 10.1. The van der Waals surface area contributed by atoms with Crippen LogP contribution < -0.4 is 0 Å². The quantitative estimate of drug-likeness (QED) is 0.778. The predicted molar refractivity (Wildman–Crippen MR) is 71.8 cm³/mol. The molecule has 1 aliphatic rings. The van der Waals surface area contributed by atoms with Crippen LogP contribution in [0.25, 0.3) is 0 Å². The summed E-state index contributed by atoms with van der Waals surface area (Å²) in [6.45, 7) is 4.36. The Balaban J connectivity index is 1.89. The molecule has 0 unspecified atom stereocenters. The van der Waals surface area contributed by atoms with Crippen LogP contribution in [-0.4, -0.2) is 43.0 Å². The number of carbonyl (C=O) groups excluding carboxylic acids is 1. The van der Waals surface area contributed by atoms with Gasteiger partial charge in [-0.15, -0.1) is 0 Å². The Labute approximate surface area is 117 Å². The van der Waals surface area contributed by atoms with Gasteiger partial charge in [-0.3, -0.25) is 9.69 Å². The van der Waals surface area contributed by atoms with Crippen LogP contribution in [0.1, 0.15) is 30.1 Å². The minimum atomic E-state index is -0.792. The highest BCUT2D eigenvalue weighted by Crippen LogP contribution is 2.15. The molecule has 1 saturated heterocycles. The Bertz CT molecular complexity index is 471. The number of carbonyl (C=O) groups is 1. The van der Waals surface area contributed by atoms with Gasteiger partial charge >= 0.3 is 0 Å². The molecule has 1 aromatic carbocycles. The van der Waals surface area contributed by atoms with Crippen LogP contribution in [0.2, 0.25) is 0 Å². The Morgan fingerprint density at radius 2 is 2.05 bits per heavy atom. The molecule has 0 radical (unpaired) electrons. The lowest BCUT2D eigenvalue weighted by Gasteiger charge is -2.31. The number of likely N-dealkylation sites (tertiary alicyclic amines) is 1. The van der Waals surface area contributed by atoms with E-state index in [0.29, 0.717) is 6.61 Å². The van der Waals surface area contributed by atoms with Gasteiger partial charge in [0.15, 0.2) is 5.78 Å². The van der Waals surface area contributed by atoms with Crippen molar-refractivity contribution in [2.45, 2.75) is 25.9 Å². The van der Waals surface area contributed by atoms with Crippen LogP contribution in [0.4, 0.5) is 8.78 Å². The van der Waals surface area contributed by atoms with E-state index >= 15 is 0 Å². The van der Waals surface area contributed by atoms with E-state index in [2.05, 4.69) is 0 Å². The van der Waals surface area contributed by atoms with Crippen LogP contribution in [0, 0.1) is 11.6 Å². The summed E-state index contributed by atoms with van der Waals surface area (Å²) in [7, 11) is 0. The zero-order chi connectivity index (χ0) is 14.5. The number of nitrogens with zero attached hydrogens (tertiary/aromatic N) is 1. The monoisotopic (exact) mass is 283 g/mol. The van der Waals surface area contributed by atoms with Crippen molar-refractivity contribution < 1.29 is 18.3 Å². The predicted octanol–water partition coefficient (Wildman–Crippen LogP) is 2.65. The highest BCUT2D eigenvalue weighted by molar-refractivity contribution is 5.97. The summed E-state index contributed by atoms with van der Waals surface area (Å²) in [6, 6.07) is 3.06. The van der Waals surface area contributed by atoms with E-state index < -0.39 is 11.6 Å². The maximum atomic E-state index is 13.5. The molecule has 0 amide bonds. The van der Waals surface area contributed by atoms with Crippen molar-refractivity contribution in [1.82, 2.24) is 4.90 Å². The van der Waals surface area contributed by atoms with Crippen molar-refractivity contribution in [3.8, 4) is 0 Å². The second-order valence-electron chi connectivity index (χ2n) is 4.98. The maximum Gasteiger partial charge on any atom is 0.179 e. The summed E-state index contributed by atoms with van der Waals surface area (Å²) >= 11 is 0. The average Bonchev–Trinajstić information content (AvgIpc) is 2.41. The molecule has 0 atom stereocenters. The summed E-state index contributed by atoms with van der Waals surface area (Å²) in [4.78, 5) is 14.0. The van der Waals surface area contributed by atoms with E-state index in [0.717, 1.165) is 38.1 Å². The highest BCUT2D eigenvalue weighted by Gasteiger charge is 2.22. The summed E-state index contributed by atoms with van der Waals surface area (Å²) in [6.07, 6.45) is 2.02. The molecule has 110 valence electrons. The Morgan fingerprint density at radius 1 is 1.35 bits per heavy atom. The molecule has 2 rings (SSSR count). The summed E-state index contributed by atoms with van der Waals surface area (Å²) in [5.41, 5.74) is -0.0432. The van der Waals surface area contributed by atoms with E-state index in [-0.39, 0.29) is 24.0 Å². The molecule has 1 aromatic rings. The number of hydrogen-bond donors (Lipinski definition) is 0. The van der Waals surface area contributed by atoms with E-state index in [9.17, 15) is 13.6 Å². The maximum absolute atomic E-state index is 13.5. The van der Waals surface area contributed by atoms with Gasteiger partial charge in [-0.2, -0.15) is 0 Å². The number of piperidine rings is 1. The van der Waals surface area contributed by atoms with Gasteiger partial charge in [0.2, 0.25) is 0 Å². The van der Waals surface area contributed by atoms with Crippen molar-refractivity contribution in [3.05, 3.63) is 35.4 Å². The Hall–Kier alpha value is -1.33. The third-order valence-electron chi connectivity index (χ3n) is 3.54. The van der Waals surface area contributed by atoms with Gasteiger partial charge < -0.3 is 4.74 Å². The largest absolute Gasteiger partial charge is 0.378 e.